The summed E-state index contributed by atoms with van der Waals surface area (Å²) in [4.78, 5) is 26.2. The Labute approximate surface area is 135 Å². The highest BCUT2D eigenvalue weighted by Gasteiger charge is 2.35. The summed E-state index contributed by atoms with van der Waals surface area (Å²) in [6.45, 7) is 0.457. The summed E-state index contributed by atoms with van der Waals surface area (Å²) in [6.07, 6.45) is 6.05. The number of benzene rings is 1. The molecule has 1 N–H and O–H groups in total. The monoisotopic (exact) mass is 320 g/mol. The zero-order valence-corrected chi connectivity index (χ0v) is 13.3. The van der Waals surface area contributed by atoms with Gasteiger partial charge in [0, 0.05) is 29.7 Å². The van der Waals surface area contributed by atoms with E-state index in [-0.39, 0.29) is 17.7 Å². The Morgan fingerprint density at radius 1 is 1.14 bits per heavy atom. The smallest absolute Gasteiger partial charge is 0.227 e. The van der Waals surface area contributed by atoms with Gasteiger partial charge in [0.15, 0.2) is 0 Å². The number of anilines is 1. The molecule has 1 saturated carbocycles. The van der Waals surface area contributed by atoms with E-state index in [1.807, 2.05) is 12.1 Å². The number of halogens is 1. The molecule has 0 bridgehead atoms. The lowest BCUT2D eigenvalue weighted by molar-refractivity contribution is -0.127. The van der Waals surface area contributed by atoms with Gasteiger partial charge in [-0.15, -0.1) is 0 Å². The normalized spacial score (nSPS) is 22.9. The summed E-state index contributed by atoms with van der Waals surface area (Å²) in [6, 6.07) is 7.46. The predicted molar refractivity (Wildman–Crippen MR) is 86.9 cm³/mol. The van der Waals surface area contributed by atoms with Crippen molar-refractivity contribution < 1.29 is 9.59 Å². The quantitative estimate of drug-likeness (QED) is 0.930. The van der Waals surface area contributed by atoms with Gasteiger partial charge in [-0.05, 0) is 37.1 Å². The largest absolute Gasteiger partial charge is 0.353 e. The molecular formula is C17H21ClN2O2. The molecule has 4 nitrogen and oxygen atoms in total. The summed E-state index contributed by atoms with van der Waals surface area (Å²) in [5.41, 5.74) is 0.808. The Morgan fingerprint density at radius 3 is 2.50 bits per heavy atom. The van der Waals surface area contributed by atoms with E-state index in [2.05, 4.69) is 5.32 Å². The molecule has 1 aliphatic carbocycles. The van der Waals surface area contributed by atoms with E-state index in [1.165, 1.54) is 19.3 Å². The molecule has 2 aliphatic rings. The summed E-state index contributed by atoms with van der Waals surface area (Å²) in [5.74, 6) is -0.215. The zero-order chi connectivity index (χ0) is 15.5. The first-order chi connectivity index (χ1) is 10.6. The Hall–Kier alpha value is -1.55. The summed E-state index contributed by atoms with van der Waals surface area (Å²) < 4.78 is 0. The molecule has 2 fully saturated rings. The molecule has 1 aromatic carbocycles. The topological polar surface area (TPSA) is 49.4 Å². The van der Waals surface area contributed by atoms with Gasteiger partial charge >= 0.3 is 0 Å². The third-order valence-electron chi connectivity index (χ3n) is 4.59. The van der Waals surface area contributed by atoms with Crippen LogP contribution in [0.3, 0.4) is 0 Å². The van der Waals surface area contributed by atoms with Gasteiger partial charge in [-0.1, -0.05) is 30.9 Å². The summed E-state index contributed by atoms with van der Waals surface area (Å²) >= 11 is 5.87. The molecular weight excluding hydrogens is 300 g/mol. The van der Waals surface area contributed by atoms with E-state index in [0.717, 1.165) is 18.5 Å². The first-order valence-electron chi connectivity index (χ1n) is 8.00. The minimum Gasteiger partial charge on any atom is -0.353 e. The van der Waals surface area contributed by atoms with E-state index in [9.17, 15) is 9.59 Å². The van der Waals surface area contributed by atoms with Crippen LogP contribution < -0.4 is 10.2 Å². The fraction of sp³-hybridized carbons (Fsp3) is 0.529. The van der Waals surface area contributed by atoms with Crippen LogP contribution in [0.2, 0.25) is 5.02 Å². The second-order valence-corrected chi connectivity index (χ2v) is 6.66. The maximum Gasteiger partial charge on any atom is 0.227 e. The highest BCUT2D eigenvalue weighted by Crippen LogP contribution is 2.27. The number of hydrogen-bond acceptors (Lipinski definition) is 2. The maximum absolute atomic E-state index is 12.4. The fourth-order valence-electron chi connectivity index (χ4n) is 3.32. The average Bonchev–Trinajstić information content (AvgIpc) is 2.91. The Balaban J connectivity index is 1.61. The number of hydrogen-bond donors (Lipinski definition) is 1. The number of amides is 2. The minimum atomic E-state index is -0.245. The van der Waals surface area contributed by atoms with Gasteiger partial charge in [-0.2, -0.15) is 0 Å². The standard InChI is InChI=1S/C17H21ClN2O2/c18-13-6-8-15(9-7-13)20-11-12(10-16(20)21)17(22)19-14-4-2-1-3-5-14/h6-9,12,14H,1-5,10-11H2,(H,19,22)/t12-/m0/s1. The molecule has 118 valence electrons. The van der Waals surface area contributed by atoms with Crippen molar-refractivity contribution in [2.24, 2.45) is 5.92 Å². The molecule has 1 saturated heterocycles. The minimum absolute atomic E-state index is 0.00566. The first kappa shape index (κ1) is 15.3. The van der Waals surface area contributed by atoms with Crippen LogP contribution in [0.1, 0.15) is 38.5 Å². The van der Waals surface area contributed by atoms with Crippen LogP contribution in [0.5, 0.6) is 0 Å². The van der Waals surface area contributed by atoms with Gasteiger partial charge in [0.05, 0.1) is 5.92 Å². The van der Waals surface area contributed by atoms with Crippen molar-refractivity contribution in [3.8, 4) is 0 Å². The number of nitrogens with one attached hydrogen (secondary N) is 1. The van der Waals surface area contributed by atoms with E-state index >= 15 is 0 Å². The Kier molecular flexibility index (Phi) is 4.67. The zero-order valence-electron chi connectivity index (χ0n) is 12.6. The highest BCUT2D eigenvalue weighted by atomic mass is 35.5. The average molecular weight is 321 g/mol. The molecule has 0 unspecified atom stereocenters. The lowest BCUT2D eigenvalue weighted by Crippen LogP contribution is -2.40. The van der Waals surface area contributed by atoms with Gasteiger partial charge in [0.2, 0.25) is 11.8 Å². The molecule has 0 aromatic heterocycles. The van der Waals surface area contributed by atoms with Crippen LogP contribution in [-0.2, 0) is 9.59 Å². The van der Waals surface area contributed by atoms with Gasteiger partial charge in [0.1, 0.15) is 0 Å². The fourth-order valence-corrected chi connectivity index (χ4v) is 3.45. The van der Waals surface area contributed by atoms with E-state index in [4.69, 9.17) is 11.6 Å². The third kappa shape index (κ3) is 3.43. The van der Waals surface area contributed by atoms with Crippen molar-refractivity contribution in [1.82, 2.24) is 5.32 Å². The van der Waals surface area contributed by atoms with Gasteiger partial charge in [0.25, 0.3) is 0 Å². The van der Waals surface area contributed by atoms with Gasteiger partial charge in [-0.3, -0.25) is 9.59 Å². The SMILES string of the molecule is O=C(NC1CCCCC1)[C@H]1CC(=O)N(c2ccc(Cl)cc2)C1. The predicted octanol–water partition coefficient (Wildman–Crippen LogP) is 3.14. The highest BCUT2D eigenvalue weighted by molar-refractivity contribution is 6.30. The summed E-state index contributed by atoms with van der Waals surface area (Å²) in [5, 5.41) is 3.76. The molecule has 1 atom stereocenters. The van der Waals surface area contributed by atoms with Crippen molar-refractivity contribution in [3.05, 3.63) is 29.3 Å². The summed E-state index contributed by atoms with van der Waals surface area (Å²) in [7, 11) is 0. The number of rotatable bonds is 3. The van der Waals surface area contributed by atoms with Crippen molar-refractivity contribution in [1.29, 1.82) is 0 Å². The molecule has 3 rings (SSSR count). The molecule has 2 amide bonds. The second kappa shape index (κ2) is 6.69. The molecule has 1 aliphatic heterocycles. The van der Waals surface area contributed by atoms with Crippen molar-refractivity contribution >= 4 is 29.1 Å². The van der Waals surface area contributed by atoms with Crippen molar-refractivity contribution in [2.75, 3.05) is 11.4 Å². The molecule has 1 heterocycles. The number of nitrogens with zero attached hydrogens (tertiary/aromatic N) is 1. The number of carbonyl (C=O) groups is 2. The van der Waals surface area contributed by atoms with E-state index < -0.39 is 0 Å². The Morgan fingerprint density at radius 2 is 1.82 bits per heavy atom. The number of carbonyl (C=O) groups excluding carboxylic acids is 2. The van der Waals surface area contributed by atoms with Gasteiger partial charge < -0.3 is 10.2 Å². The molecule has 22 heavy (non-hydrogen) atoms. The van der Waals surface area contributed by atoms with Crippen LogP contribution in [0.15, 0.2) is 24.3 Å². The lowest BCUT2D eigenvalue weighted by Gasteiger charge is -2.24. The second-order valence-electron chi connectivity index (χ2n) is 6.23. The van der Waals surface area contributed by atoms with Crippen LogP contribution in [0.25, 0.3) is 0 Å². The first-order valence-corrected chi connectivity index (χ1v) is 8.37. The molecule has 5 heteroatoms. The van der Waals surface area contributed by atoms with Crippen molar-refractivity contribution in [3.63, 3.8) is 0 Å². The lowest BCUT2D eigenvalue weighted by atomic mass is 9.95. The van der Waals surface area contributed by atoms with E-state index in [0.29, 0.717) is 24.0 Å². The molecule has 0 radical (unpaired) electrons. The van der Waals surface area contributed by atoms with Crippen LogP contribution in [-0.4, -0.2) is 24.4 Å². The van der Waals surface area contributed by atoms with Crippen molar-refractivity contribution in [2.45, 2.75) is 44.6 Å². The van der Waals surface area contributed by atoms with Crippen LogP contribution >= 0.6 is 11.6 Å². The van der Waals surface area contributed by atoms with Crippen LogP contribution in [0.4, 0.5) is 5.69 Å². The molecule has 0 spiro atoms. The van der Waals surface area contributed by atoms with E-state index in [1.54, 1.807) is 17.0 Å². The van der Waals surface area contributed by atoms with Gasteiger partial charge in [-0.25, -0.2) is 0 Å². The Bertz CT molecular complexity index is 552. The maximum atomic E-state index is 12.4. The third-order valence-corrected chi connectivity index (χ3v) is 4.84. The van der Waals surface area contributed by atoms with Crippen LogP contribution in [0, 0.1) is 5.92 Å². The molecule has 1 aromatic rings.